The number of amidine groups is 1. The molecule has 0 spiro atoms. The van der Waals surface area contributed by atoms with Gasteiger partial charge in [-0.3, -0.25) is 10.1 Å². The molecule has 1 unspecified atom stereocenters. The van der Waals surface area contributed by atoms with Crippen molar-refractivity contribution in [2.45, 2.75) is 75.9 Å². The summed E-state index contributed by atoms with van der Waals surface area (Å²) >= 11 is 6.32. The SMILES string of the molecule is CC1NN=C(c2cc(Cl)ccc2NS(=O)(=O)c2ccc(C(C)(C)C)cc2)N1C1CCCC1. The zero-order chi connectivity index (χ0) is 23.1. The molecule has 32 heavy (non-hydrogen) atoms. The van der Waals surface area contributed by atoms with E-state index in [0.717, 1.165) is 24.2 Å². The van der Waals surface area contributed by atoms with Gasteiger partial charge in [-0.15, -0.1) is 0 Å². The highest BCUT2D eigenvalue weighted by atomic mass is 35.5. The molecule has 1 fully saturated rings. The number of hydrogen-bond donors (Lipinski definition) is 2. The van der Waals surface area contributed by atoms with Crippen LogP contribution in [-0.4, -0.2) is 31.4 Å². The Morgan fingerprint density at radius 1 is 1.09 bits per heavy atom. The van der Waals surface area contributed by atoms with Gasteiger partial charge in [0, 0.05) is 16.6 Å². The van der Waals surface area contributed by atoms with Crippen LogP contribution >= 0.6 is 11.6 Å². The molecule has 8 heteroatoms. The maximum atomic E-state index is 13.2. The van der Waals surface area contributed by atoms with Gasteiger partial charge in [0.2, 0.25) is 0 Å². The van der Waals surface area contributed by atoms with Gasteiger partial charge < -0.3 is 4.90 Å². The molecule has 1 aliphatic heterocycles. The van der Waals surface area contributed by atoms with Crippen molar-refractivity contribution in [2.75, 3.05) is 4.72 Å². The normalized spacial score (nSPS) is 19.7. The molecule has 1 saturated carbocycles. The van der Waals surface area contributed by atoms with Gasteiger partial charge in [0.15, 0.2) is 5.84 Å². The molecule has 2 aromatic rings. The first-order valence-electron chi connectivity index (χ1n) is 11.1. The summed E-state index contributed by atoms with van der Waals surface area (Å²) in [6.07, 6.45) is 4.64. The van der Waals surface area contributed by atoms with Gasteiger partial charge in [-0.1, -0.05) is 57.3 Å². The molecule has 4 rings (SSSR count). The van der Waals surface area contributed by atoms with Crippen LogP contribution in [-0.2, 0) is 15.4 Å². The Kier molecular flexibility index (Phi) is 6.16. The van der Waals surface area contributed by atoms with Crippen LogP contribution in [0.3, 0.4) is 0 Å². The van der Waals surface area contributed by atoms with E-state index < -0.39 is 10.0 Å². The molecule has 2 aliphatic rings. The van der Waals surface area contributed by atoms with E-state index in [2.05, 4.69) is 47.8 Å². The number of benzene rings is 2. The summed E-state index contributed by atoms with van der Waals surface area (Å²) in [7, 11) is -3.78. The summed E-state index contributed by atoms with van der Waals surface area (Å²) in [6, 6.07) is 12.6. The fourth-order valence-corrected chi connectivity index (χ4v) is 5.71. The van der Waals surface area contributed by atoms with Crippen molar-refractivity contribution in [3.8, 4) is 0 Å². The average molecular weight is 475 g/mol. The Balaban J connectivity index is 1.67. The number of halogens is 1. The lowest BCUT2D eigenvalue weighted by Crippen LogP contribution is -2.44. The molecular weight excluding hydrogens is 444 g/mol. The number of anilines is 1. The zero-order valence-corrected chi connectivity index (χ0v) is 20.6. The Labute approximate surface area is 196 Å². The number of rotatable bonds is 5. The van der Waals surface area contributed by atoms with Crippen LogP contribution in [0.15, 0.2) is 52.5 Å². The Morgan fingerprint density at radius 3 is 2.38 bits per heavy atom. The minimum atomic E-state index is -3.78. The van der Waals surface area contributed by atoms with E-state index in [1.807, 2.05) is 12.1 Å². The molecule has 1 aliphatic carbocycles. The van der Waals surface area contributed by atoms with Gasteiger partial charge in [-0.25, -0.2) is 8.42 Å². The first kappa shape index (κ1) is 22.9. The monoisotopic (exact) mass is 474 g/mol. The number of sulfonamides is 1. The lowest BCUT2D eigenvalue weighted by Gasteiger charge is -2.31. The smallest absolute Gasteiger partial charge is 0.261 e. The molecule has 0 bridgehead atoms. The van der Waals surface area contributed by atoms with Gasteiger partial charge in [0.1, 0.15) is 6.17 Å². The summed E-state index contributed by atoms with van der Waals surface area (Å²) in [5.74, 6) is 0.729. The zero-order valence-electron chi connectivity index (χ0n) is 19.0. The third kappa shape index (κ3) is 4.59. The largest absolute Gasteiger partial charge is 0.330 e. The van der Waals surface area contributed by atoms with Crippen LogP contribution < -0.4 is 10.1 Å². The molecule has 2 aromatic carbocycles. The van der Waals surface area contributed by atoms with Crippen LogP contribution in [0.2, 0.25) is 5.02 Å². The van der Waals surface area contributed by atoms with Crippen molar-refractivity contribution in [3.63, 3.8) is 0 Å². The Bertz CT molecular complexity index is 1120. The Morgan fingerprint density at radius 2 is 1.75 bits per heavy atom. The van der Waals surface area contributed by atoms with Crippen molar-refractivity contribution >= 4 is 33.1 Å². The summed E-state index contributed by atoms with van der Waals surface area (Å²) in [5, 5.41) is 5.09. The van der Waals surface area contributed by atoms with Crippen molar-refractivity contribution in [3.05, 3.63) is 58.6 Å². The fraction of sp³-hybridized carbons (Fsp3) is 0.458. The lowest BCUT2D eigenvalue weighted by atomic mass is 9.87. The fourth-order valence-electron chi connectivity index (χ4n) is 4.46. The summed E-state index contributed by atoms with van der Waals surface area (Å²) in [4.78, 5) is 2.48. The number of hydrogen-bond acceptors (Lipinski definition) is 5. The standard InChI is InChI=1S/C24H31ClN4O2S/c1-16-26-27-23(29(16)19-7-5-6-8-19)21-15-18(25)11-14-22(21)28-32(30,31)20-12-9-17(10-13-20)24(2,3)4/h9-16,19,26,28H,5-8H2,1-4H3. The van der Waals surface area contributed by atoms with Crippen molar-refractivity contribution in [1.82, 2.24) is 10.3 Å². The van der Waals surface area contributed by atoms with Gasteiger partial charge >= 0.3 is 0 Å². The van der Waals surface area contributed by atoms with Gasteiger partial charge in [-0.05, 0) is 61.1 Å². The molecular formula is C24H31ClN4O2S. The number of nitrogens with zero attached hydrogens (tertiary/aromatic N) is 2. The quantitative estimate of drug-likeness (QED) is 0.617. The van der Waals surface area contributed by atoms with E-state index in [1.54, 1.807) is 30.3 Å². The number of nitrogens with one attached hydrogen (secondary N) is 2. The average Bonchev–Trinajstić information content (AvgIpc) is 3.38. The number of hydrazone groups is 1. The van der Waals surface area contributed by atoms with E-state index >= 15 is 0 Å². The molecule has 0 amide bonds. The molecule has 1 atom stereocenters. The third-order valence-corrected chi connectivity index (χ3v) is 7.85. The van der Waals surface area contributed by atoms with E-state index in [9.17, 15) is 8.42 Å². The molecule has 1 heterocycles. The van der Waals surface area contributed by atoms with E-state index in [0.29, 0.717) is 22.3 Å². The van der Waals surface area contributed by atoms with Crippen molar-refractivity contribution in [2.24, 2.45) is 5.10 Å². The first-order chi connectivity index (χ1) is 15.1. The van der Waals surface area contributed by atoms with Crippen LogP contribution in [0, 0.1) is 0 Å². The highest BCUT2D eigenvalue weighted by Crippen LogP contribution is 2.32. The minimum absolute atomic E-state index is 0.0430. The minimum Gasteiger partial charge on any atom is -0.330 e. The second kappa shape index (κ2) is 8.60. The maximum absolute atomic E-state index is 13.2. The van der Waals surface area contributed by atoms with Gasteiger partial charge in [0.05, 0.1) is 10.6 Å². The highest BCUT2D eigenvalue weighted by molar-refractivity contribution is 7.92. The lowest BCUT2D eigenvalue weighted by molar-refractivity contribution is 0.247. The van der Waals surface area contributed by atoms with Crippen molar-refractivity contribution < 1.29 is 8.42 Å². The predicted octanol–water partition coefficient (Wildman–Crippen LogP) is 5.29. The van der Waals surface area contributed by atoms with Crippen molar-refractivity contribution in [1.29, 1.82) is 0 Å². The molecule has 6 nitrogen and oxygen atoms in total. The third-order valence-electron chi connectivity index (χ3n) is 6.23. The second-order valence-electron chi connectivity index (χ2n) is 9.66. The molecule has 2 N–H and O–H groups in total. The predicted molar refractivity (Wildman–Crippen MR) is 131 cm³/mol. The molecule has 0 radical (unpaired) electrons. The van der Waals surface area contributed by atoms with Gasteiger partial charge in [0.25, 0.3) is 10.0 Å². The highest BCUT2D eigenvalue weighted by Gasteiger charge is 2.35. The Hall–Kier alpha value is -2.25. The maximum Gasteiger partial charge on any atom is 0.261 e. The van der Waals surface area contributed by atoms with Crippen LogP contribution in [0.25, 0.3) is 0 Å². The van der Waals surface area contributed by atoms with E-state index in [-0.39, 0.29) is 16.5 Å². The van der Waals surface area contributed by atoms with Crippen LogP contribution in [0.1, 0.15) is 64.5 Å². The molecule has 0 aromatic heterocycles. The van der Waals surface area contributed by atoms with Crippen LogP contribution in [0.4, 0.5) is 5.69 Å². The second-order valence-corrected chi connectivity index (χ2v) is 11.8. The van der Waals surface area contributed by atoms with E-state index in [1.165, 1.54) is 12.8 Å². The summed E-state index contributed by atoms with van der Waals surface area (Å²) in [5.41, 5.74) is 5.32. The van der Waals surface area contributed by atoms with Gasteiger partial charge in [-0.2, -0.15) is 5.10 Å². The first-order valence-corrected chi connectivity index (χ1v) is 13.0. The summed E-state index contributed by atoms with van der Waals surface area (Å²) < 4.78 is 29.2. The summed E-state index contributed by atoms with van der Waals surface area (Å²) in [6.45, 7) is 8.37. The van der Waals surface area contributed by atoms with Crippen LogP contribution in [0.5, 0.6) is 0 Å². The molecule has 172 valence electrons. The molecule has 0 saturated heterocycles. The topological polar surface area (TPSA) is 73.8 Å². The van der Waals surface area contributed by atoms with E-state index in [4.69, 9.17) is 11.6 Å².